The van der Waals surface area contributed by atoms with E-state index in [-0.39, 0.29) is 0 Å². The molecular formula is C6H4O4. The van der Waals surface area contributed by atoms with Crippen LogP contribution in [0.1, 0.15) is 6.42 Å². The Hall–Kier alpha value is -1.45. The second kappa shape index (κ2) is 2.06. The molecule has 0 aliphatic heterocycles. The highest BCUT2D eigenvalue weighted by atomic mass is 16.3. The maximum absolute atomic E-state index is 10.5. The summed E-state index contributed by atoms with van der Waals surface area (Å²) in [5.41, 5.74) is 0. The van der Waals surface area contributed by atoms with Crippen LogP contribution in [0.15, 0.2) is 11.8 Å². The molecule has 0 aromatic carbocycles. The number of carbonyl (C=O) groups is 3. The molecule has 0 radical (unpaired) electrons. The van der Waals surface area contributed by atoms with Gasteiger partial charge in [-0.05, 0) is 0 Å². The van der Waals surface area contributed by atoms with E-state index in [0.29, 0.717) is 6.08 Å². The van der Waals surface area contributed by atoms with Crippen LogP contribution >= 0.6 is 0 Å². The first kappa shape index (κ1) is 6.67. The van der Waals surface area contributed by atoms with Crippen molar-refractivity contribution < 1.29 is 19.5 Å². The lowest BCUT2D eigenvalue weighted by Gasteiger charge is -2.02. The molecule has 1 rings (SSSR count). The minimum Gasteiger partial charge on any atom is -0.504 e. The molecule has 1 aliphatic rings. The van der Waals surface area contributed by atoms with Gasteiger partial charge in [0.1, 0.15) is 0 Å². The van der Waals surface area contributed by atoms with Gasteiger partial charge < -0.3 is 5.11 Å². The maximum Gasteiger partial charge on any atom is 0.225 e. The molecule has 0 saturated carbocycles. The lowest BCUT2D eigenvalue weighted by molar-refractivity contribution is -0.137. The Morgan fingerprint density at radius 2 is 1.80 bits per heavy atom. The Labute approximate surface area is 56.1 Å². The predicted molar refractivity (Wildman–Crippen MR) is 30.3 cm³/mol. The van der Waals surface area contributed by atoms with Crippen molar-refractivity contribution in [2.75, 3.05) is 0 Å². The van der Waals surface area contributed by atoms with Crippen molar-refractivity contribution in [1.29, 1.82) is 0 Å². The zero-order valence-corrected chi connectivity index (χ0v) is 4.96. The maximum atomic E-state index is 10.5. The van der Waals surface area contributed by atoms with Crippen LogP contribution in [-0.4, -0.2) is 22.5 Å². The monoisotopic (exact) mass is 140 g/mol. The van der Waals surface area contributed by atoms with Gasteiger partial charge in [-0.15, -0.1) is 0 Å². The highest BCUT2D eigenvalue weighted by molar-refractivity contribution is 6.47. The second-order valence-corrected chi connectivity index (χ2v) is 1.92. The van der Waals surface area contributed by atoms with Gasteiger partial charge in [0.25, 0.3) is 0 Å². The smallest absolute Gasteiger partial charge is 0.225 e. The second-order valence-electron chi connectivity index (χ2n) is 1.92. The van der Waals surface area contributed by atoms with E-state index in [4.69, 9.17) is 5.11 Å². The van der Waals surface area contributed by atoms with E-state index in [1.165, 1.54) is 0 Å². The van der Waals surface area contributed by atoms with Crippen LogP contribution < -0.4 is 0 Å². The number of aliphatic hydroxyl groups is 1. The third-order valence-electron chi connectivity index (χ3n) is 1.15. The Bertz CT molecular complexity index is 248. The highest BCUT2D eigenvalue weighted by Gasteiger charge is 2.24. The lowest BCUT2D eigenvalue weighted by Crippen LogP contribution is -2.23. The molecule has 0 fully saturated rings. The number of hydrogen-bond acceptors (Lipinski definition) is 4. The standard InChI is InChI=1S/C6H4O4/c7-3-1-4(8)6(10)2-5(3)9/h1,7H,2H2. The first-order valence-electron chi connectivity index (χ1n) is 2.62. The minimum atomic E-state index is -0.808. The zero-order valence-electron chi connectivity index (χ0n) is 4.96. The molecule has 0 spiro atoms. The molecule has 4 heteroatoms. The summed E-state index contributed by atoms with van der Waals surface area (Å²) in [5.74, 6) is -2.88. The lowest BCUT2D eigenvalue weighted by atomic mass is 10.0. The molecule has 0 aromatic rings. The molecule has 52 valence electrons. The van der Waals surface area contributed by atoms with Crippen molar-refractivity contribution in [2.45, 2.75) is 6.42 Å². The molecule has 10 heavy (non-hydrogen) atoms. The molecule has 0 amide bonds. The Morgan fingerprint density at radius 1 is 1.20 bits per heavy atom. The van der Waals surface area contributed by atoms with Crippen molar-refractivity contribution in [3.8, 4) is 0 Å². The van der Waals surface area contributed by atoms with Crippen molar-refractivity contribution in [2.24, 2.45) is 0 Å². The Morgan fingerprint density at radius 3 is 2.30 bits per heavy atom. The summed E-state index contributed by atoms with van der Waals surface area (Å²) in [4.78, 5) is 31.3. The normalized spacial score (nSPS) is 19.2. The fraction of sp³-hybridized carbons (Fsp3) is 0.167. The van der Waals surface area contributed by atoms with Crippen molar-refractivity contribution in [3.63, 3.8) is 0 Å². The summed E-state index contributed by atoms with van der Waals surface area (Å²) in [6.07, 6.45) is 0.148. The Balaban J connectivity index is 3.01. The molecule has 1 aliphatic carbocycles. The fourth-order valence-electron chi connectivity index (χ4n) is 0.609. The molecule has 0 unspecified atom stereocenters. The van der Waals surface area contributed by atoms with Gasteiger partial charge in [0.05, 0.1) is 6.42 Å². The van der Waals surface area contributed by atoms with E-state index < -0.39 is 29.5 Å². The summed E-state index contributed by atoms with van der Waals surface area (Å²) in [7, 11) is 0. The van der Waals surface area contributed by atoms with E-state index >= 15 is 0 Å². The number of hydrogen-bond donors (Lipinski definition) is 1. The van der Waals surface area contributed by atoms with Crippen LogP contribution in [0.5, 0.6) is 0 Å². The van der Waals surface area contributed by atoms with Crippen LogP contribution in [0.4, 0.5) is 0 Å². The van der Waals surface area contributed by atoms with E-state index in [1.807, 2.05) is 0 Å². The van der Waals surface area contributed by atoms with E-state index in [0.717, 1.165) is 0 Å². The van der Waals surface area contributed by atoms with Crippen LogP contribution in [-0.2, 0) is 14.4 Å². The minimum absolute atomic E-state index is 0.499. The zero-order chi connectivity index (χ0) is 7.72. The Kier molecular flexibility index (Phi) is 1.37. The van der Waals surface area contributed by atoms with Gasteiger partial charge in [0, 0.05) is 6.08 Å². The molecule has 4 nitrogen and oxygen atoms in total. The number of carbonyl (C=O) groups excluding carboxylic acids is 3. The van der Waals surface area contributed by atoms with Crippen LogP contribution in [0, 0.1) is 0 Å². The quantitative estimate of drug-likeness (QED) is 0.365. The number of rotatable bonds is 0. The van der Waals surface area contributed by atoms with Gasteiger partial charge in [-0.3, -0.25) is 14.4 Å². The number of aliphatic hydroxyl groups excluding tert-OH is 1. The van der Waals surface area contributed by atoms with Gasteiger partial charge in [0.15, 0.2) is 5.76 Å². The summed E-state index contributed by atoms with van der Waals surface area (Å²) >= 11 is 0. The molecule has 0 bridgehead atoms. The average Bonchev–Trinajstić information content (AvgIpc) is 1.84. The van der Waals surface area contributed by atoms with Crippen molar-refractivity contribution in [3.05, 3.63) is 11.8 Å². The highest BCUT2D eigenvalue weighted by Crippen LogP contribution is 2.04. The first-order valence-corrected chi connectivity index (χ1v) is 2.62. The first-order chi connectivity index (χ1) is 4.61. The fourth-order valence-corrected chi connectivity index (χ4v) is 0.609. The van der Waals surface area contributed by atoms with Gasteiger partial charge in [0.2, 0.25) is 17.3 Å². The third kappa shape index (κ3) is 0.953. The molecule has 0 aromatic heterocycles. The molecule has 0 atom stereocenters. The number of Topliss-reactive ketones (excluding diaryl/α,β-unsaturated/α-hetero) is 2. The largest absolute Gasteiger partial charge is 0.504 e. The predicted octanol–water partition coefficient (Wildman–Crippen LogP) is -0.461. The third-order valence-corrected chi connectivity index (χ3v) is 1.15. The van der Waals surface area contributed by atoms with Gasteiger partial charge in [-0.1, -0.05) is 0 Å². The van der Waals surface area contributed by atoms with Crippen molar-refractivity contribution >= 4 is 17.3 Å². The molecule has 1 N–H and O–H groups in total. The van der Waals surface area contributed by atoms with E-state index in [2.05, 4.69) is 0 Å². The van der Waals surface area contributed by atoms with Gasteiger partial charge >= 0.3 is 0 Å². The molecular weight excluding hydrogens is 136 g/mol. The molecule has 0 saturated heterocycles. The summed E-state index contributed by atoms with van der Waals surface area (Å²) in [5, 5.41) is 8.60. The molecule has 0 heterocycles. The summed E-state index contributed by atoms with van der Waals surface area (Å²) < 4.78 is 0. The van der Waals surface area contributed by atoms with E-state index in [9.17, 15) is 14.4 Å². The van der Waals surface area contributed by atoms with Gasteiger partial charge in [-0.25, -0.2) is 0 Å². The van der Waals surface area contributed by atoms with Crippen LogP contribution in [0.3, 0.4) is 0 Å². The van der Waals surface area contributed by atoms with Gasteiger partial charge in [-0.2, -0.15) is 0 Å². The topological polar surface area (TPSA) is 71.4 Å². The van der Waals surface area contributed by atoms with Crippen LogP contribution in [0.2, 0.25) is 0 Å². The summed E-state index contributed by atoms with van der Waals surface area (Å²) in [6.45, 7) is 0. The number of allylic oxidation sites excluding steroid dienone is 2. The SMILES string of the molecule is O=C1C=C(O)C(=O)CC1=O. The number of ketones is 3. The van der Waals surface area contributed by atoms with Crippen LogP contribution in [0.25, 0.3) is 0 Å². The average molecular weight is 140 g/mol. The summed E-state index contributed by atoms with van der Waals surface area (Å²) in [6, 6.07) is 0. The van der Waals surface area contributed by atoms with Crippen molar-refractivity contribution in [1.82, 2.24) is 0 Å². The van der Waals surface area contributed by atoms with E-state index in [1.54, 1.807) is 0 Å².